The molecule has 0 bridgehead atoms. The Morgan fingerprint density at radius 3 is 2.62 bits per heavy atom. The third-order valence-corrected chi connectivity index (χ3v) is 2.03. The molecule has 0 saturated heterocycles. The standard InChI is InChI=1S/C7H10O5S/c1-3-5-6(4-11-7(5)8)12-13(2,9)10/h3-4H2,1-2H3. The van der Waals surface area contributed by atoms with Crippen LogP contribution in [-0.4, -0.2) is 27.2 Å². The van der Waals surface area contributed by atoms with Crippen LogP contribution in [0.15, 0.2) is 11.3 Å². The summed E-state index contributed by atoms with van der Waals surface area (Å²) in [6, 6.07) is 0. The van der Waals surface area contributed by atoms with Gasteiger partial charge in [0.15, 0.2) is 12.4 Å². The van der Waals surface area contributed by atoms with E-state index in [0.717, 1.165) is 6.26 Å². The van der Waals surface area contributed by atoms with Crippen molar-refractivity contribution in [3.8, 4) is 0 Å². The molecule has 0 N–H and O–H groups in total. The highest BCUT2D eigenvalue weighted by molar-refractivity contribution is 7.86. The molecule has 0 amide bonds. The Bertz CT molecular complexity index is 351. The van der Waals surface area contributed by atoms with Crippen LogP contribution in [-0.2, 0) is 23.8 Å². The Hall–Kier alpha value is -1.04. The lowest BCUT2D eigenvalue weighted by Crippen LogP contribution is -2.04. The SMILES string of the molecule is CCC1=C(OS(C)(=O)=O)COC1=O. The Morgan fingerprint density at radius 2 is 2.15 bits per heavy atom. The largest absolute Gasteiger partial charge is 0.454 e. The summed E-state index contributed by atoms with van der Waals surface area (Å²) in [5.41, 5.74) is 0.297. The van der Waals surface area contributed by atoms with Crippen molar-refractivity contribution in [1.82, 2.24) is 0 Å². The zero-order valence-electron chi connectivity index (χ0n) is 7.36. The molecule has 1 aliphatic heterocycles. The zero-order valence-corrected chi connectivity index (χ0v) is 8.18. The van der Waals surface area contributed by atoms with Gasteiger partial charge in [0.2, 0.25) is 0 Å². The molecule has 13 heavy (non-hydrogen) atoms. The van der Waals surface area contributed by atoms with Crippen LogP contribution in [0.1, 0.15) is 13.3 Å². The molecule has 1 heterocycles. The van der Waals surface area contributed by atoms with E-state index in [0.29, 0.717) is 12.0 Å². The van der Waals surface area contributed by atoms with E-state index in [1.54, 1.807) is 6.92 Å². The van der Waals surface area contributed by atoms with E-state index in [1.165, 1.54) is 0 Å². The quantitative estimate of drug-likeness (QED) is 0.486. The van der Waals surface area contributed by atoms with Crippen LogP contribution in [0.4, 0.5) is 0 Å². The van der Waals surface area contributed by atoms with Crippen LogP contribution >= 0.6 is 0 Å². The third kappa shape index (κ3) is 2.45. The summed E-state index contributed by atoms with van der Waals surface area (Å²) in [5, 5.41) is 0. The minimum absolute atomic E-state index is 0.0882. The van der Waals surface area contributed by atoms with Gasteiger partial charge in [-0.05, 0) is 6.42 Å². The maximum Gasteiger partial charge on any atom is 0.338 e. The molecule has 0 spiro atoms. The van der Waals surface area contributed by atoms with E-state index in [9.17, 15) is 13.2 Å². The van der Waals surface area contributed by atoms with Gasteiger partial charge in [0.05, 0.1) is 11.8 Å². The molecule has 0 radical (unpaired) electrons. The molecule has 1 rings (SSSR count). The number of carbonyl (C=O) groups is 1. The summed E-state index contributed by atoms with van der Waals surface area (Å²) in [5.74, 6) is -0.392. The fourth-order valence-corrected chi connectivity index (χ4v) is 1.53. The van der Waals surface area contributed by atoms with Crippen molar-refractivity contribution in [3.05, 3.63) is 11.3 Å². The van der Waals surface area contributed by atoms with Crippen molar-refractivity contribution < 1.29 is 22.1 Å². The van der Waals surface area contributed by atoms with Crippen LogP contribution in [0.2, 0.25) is 0 Å². The van der Waals surface area contributed by atoms with Crippen molar-refractivity contribution in [3.63, 3.8) is 0 Å². The van der Waals surface area contributed by atoms with Crippen molar-refractivity contribution in [2.24, 2.45) is 0 Å². The van der Waals surface area contributed by atoms with Gasteiger partial charge in [-0.1, -0.05) is 6.92 Å². The number of carbonyl (C=O) groups excluding carboxylic acids is 1. The monoisotopic (exact) mass is 206 g/mol. The predicted octanol–water partition coefficient (Wildman–Crippen LogP) is 0.183. The highest BCUT2D eigenvalue weighted by Crippen LogP contribution is 2.20. The van der Waals surface area contributed by atoms with Gasteiger partial charge in [-0.25, -0.2) is 4.79 Å². The number of cyclic esters (lactones) is 1. The predicted molar refractivity (Wildman–Crippen MR) is 44.2 cm³/mol. The van der Waals surface area contributed by atoms with Crippen molar-refractivity contribution in [2.75, 3.05) is 12.9 Å². The topological polar surface area (TPSA) is 69.7 Å². The summed E-state index contributed by atoms with van der Waals surface area (Å²) in [4.78, 5) is 10.9. The number of hydrogen-bond acceptors (Lipinski definition) is 5. The molecule has 0 fully saturated rings. The summed E-state index contributed by atoms with van der Waals surface area (Å²) in [6.45, 7) is 1.64. The molecule has 0 saturated carbocycles. The van der Waals surface area contributed by atoms with Crippen molar-refractivity contribution >= 4 is 16.1 Å². The Morgan fingerprint density at radius 1 is 1.54 bits per heavy atom. The van der Waals surface area contributed by atoms with Gasteiger partial charge in [0, 0.05) is 0 Å². The third-order valence-electron chi connectivity index (χ3n) is 1.52. The van der Waals surface area contributed by atoms with Crippen LogP contribution in [0.25, 0.3) is 0 Å². The van der Waals surface area contributed by atoms with Crippen LogP contribution < -0.4 is 0 Å². The van der Waals surface area contributed by atoms with Crippen LogP contribution in [0.3, 0.4) is 0 Å². The number of hydrogen-bond donors (Lipinski definition) is 0. The summed E-state index contributed by atoms with van der Waals surface area (Å²) in [7, 11) is -3.56. The summed E-state index contributed by atoms with van der Waals surface area (Å²) < 4.78 is 30.7. The first-order chi connectivity index (χ1) is 5.94. The zero-order chi connectivity index (χ0) is 10.1. The maximum absolute atomic E-state index is 10.9. The molecule has 5 nitrogen and oxygen atoms in total. The molecule has 0 unspecified atom stereocenters. The lowest BCUT2D eigenvalue weighted by atomic mass is 10.2. The van der Waals surface area contributed by atoms with E-state index in [1.807, 2.05) is 0 Å². The Balaban J connectivity index is 2.91. The Kier molecular flexibility index (Phi) is 2.60. The van der Waals surface area contributed by atoms with Crippen LogP contribution in [0, 0.1) is 0 Å². The smallest absolute Gasteiger partial charge is 0.338 e. The fourth-order valence-electron chi connectivity index (χ4n) is 1.02. The second-order valence-electron chi connectivity index (χ2n) is 2.62. The van der Waals surface area contributed by atoms with Gasteiger partial charge < -0.3 is 8.92 Å². The average Bonchev–Trinajstić information content (AvgIpc) is 2.28. The lowest BCUT2D eigenvalue weighted by Gasteiger charge is -2.01. The van der Waals surface area contributed by atoms with Crippen LogP contribution in [0.5, 0.6) is 0 Å². The second-order valence-corrected chi connectivity index (χ2v) is 4.19. The molecular formula is C7H10O5S. The Labute approximate surface area is 76.5 Å². The van der Waals surface area contributed by atoms with Gasteiger partial charge in [-0.3, -0.25) is 0 Å². The normalized spacial score (nSPS) is 17.5. The van der Waals surface area contributed by atoms with Crippen molar-refractivity contribution in [1.29, 1.82) is 0 Å². The van der Waals surface area contributed by atoms with Gasteiger partial charge in [-0.2, -0.15) is 8.42 Å². The van der Waals surface area contributed by atoms with E-state index in [-0.39, 0.29) is 12.4 Å². The van der Waals surface area contributed by atoms with E-state index < -0.39 is 16.1 Å². The number of rotatable bonds is 3. The molecule has 0 atom stereocenters. The van der Waals surface area contributed by atoms with E-state index in [2.05, 4.69) is 8.92 Å². The first-order valence-corrected chi connectivity index (χ1v) is 5.54. The number of ether oxygens (including phenoxy) is 1. The summed E-state index contributed by atoms with van der Waals surface area (Å²) >= 11 is 0. The van der Waals surface area contributed by atoms with Gasteiger partial charge in [0.25, 0.3) is 0 Å². The molecule has 74 valence electrons. The minimum Gasteiger partial charge on any atom is -0.454 e. The van der Waals surface area contributed by atoms with Gasteiger partial charge in [-0.15, -0.1) is 0 Å². The van der Waals surface area contributed by atoms with E-state index >= 15 is 0 Å². The van der Waals surface area contributed by atoms with E-state index in [4.69, 9.17) is 0 Å². The lowest BCUT2D eigenvalue weighted by molar-refractivity contribution is -0.136. The first kappa shape index (κ1) is 10.0. The molecule has 0 aromatic heterocycles. The molecule has 0 aliphatic carbocycles. The second kappa shape index (κ2) is 3.37. The van der Waals surface area contributed by atoms with Crippen molar-refractivity contribution in [2.45, 2.75) is 13.3 Å². The maximum atomic E-state index is 10.9. The summed E-state index contributed by atoms with van der Waals surface area (Å²) in [6.07, 6.45) is 1.33. The molecular weight excluding hydrogens is 196 g/mol. The molecule has 1 aliphatic rings. The minimum atomic E-state index is -3.56. The molecule has 0 aromatic carbocycles. The highest BCUT2D eigenvalue weighted by atomic mass is 32.2. The molecule has 6 heteroatoms. The van der Waals surface area contributed by atoms with Gasteiger partial charge in [0.1, 0.15) is 0 Å². The first-order valence-electron chi connectivity index (χ1n) is 3.72. The number of esters is 1. The molecule has 0 aromatic rings. The fraction of sp³-hybridized carbons (Fsp3) is 0.571. The highest BCUT2D eigenvalue weighted by Gasteiger charge is 2.26. The van der Waals surface area contributed by atoms with Gasteiger partial charge >= 0.3 is 16.1 Å². The average molecular weight is 206 g/mol.